The minimum atomic E-state index is -5.15. The summed E-state index contributed by atoms with van der Waals surface area (Å²) in [7, 11) is -5.15. The topological polar surface area (TPSA) is 230 Å². The van der Waals surface area contributed by atoms with Crippen LogP contribution in [-0.2, 0) is 32.7 Å². The maximum atomic E-state index is 12.8. The van der Waals surface area contributed by atoms with Gasteiger partial charge in [-0.2, -0.15) is 0 Å². The predicted octanol–water partition coefficient (Wildman–Crippen LogP) is 7.92. The van der Waals surface area contributed by atoms with Crippen LogP contribution in [0.1, 0.15) is 162 Å². The Bertz CT molecular complexity index is 1330. The summed E-state index contributed by atoms with van der Waals surface area (Å²) in [6.07, 6.45) is 27.3. The van der Waals surface area contributed by atoms with E-state index in [1.807, 2.05) is 36.5 Å². The molecule has 0 saturated heterocycles. The van der Waals surface area contributed by atoms with Crippen LogP contribution in [0.3, 0.4) is 0 Å². The lowest BCUT2D eigenvalue weighted by Gasteiger charge is -2.41. The first-order chi connectivity index (χ1) is 29.8. The normalized spacial score (nSPS) is 22.9. The van der Waals surface area contributed by atoms with Crippen LogP contribution >= 0.6 is 7.82 Å². The Morgan fingerprint density at radius 2 is 1.11 bits per heavy atom. The average molecular weight is 901 g/mol. The molecule has 358 valence electrons. The van der Waals surface area contributed by atoms with Crippen LogP contribution in [0.15, 0.2) is 60.8 Å². The monoisotopic (exact) mass is 901 g/mol. The van der Waals surface area contributed by atoms with Crippen molar-refractivity contribution in [1.29, 1.82) is 0 Å². The number of hydrogen-bond donors (Lipinski definition) is 7. The van der Waals surface area contributed by atoms with E-state index in [0.29, 0.717) is 32.1 Å². The highest BCUT2D eigenvalue weighted by atomic mass is 31.2. The van der Waals surface area contributed by atoms with E-state index < -0.39 is 81.8 Å². The standard InChI is InChI=1S/C47H81O14P/c1-3-5-7-9-11-12-13-14-15-16-17-18-22-26-30-34-40(49)58-36-39(37-59-62(56,57)61-47-45(54)43(52)42(51)44(53)46(47)55)60-41(50)35-31-27-23-20-19-21-25-29-33-38(48)32-28-24-10-8-6-4-2/h6,8,20-21,23-25,28-29,33,38-39,42-48,51-55H,3-5,7,9-19,22,26-27,30-32,34-37H2,1-2H3,(H,56,57). The first kappa shape index (κ1) is 57.5. The van der Waals surface area contributed by atoms with Gasteiger partial charge in [0.25, 0.3) is 0 Å². The molecule has 0 spiro atoms. The van der Waals surface area contributed by atoms with Gasteiger partial charge in [0.05, 0.1) is 12.7 Å². The lowest BCUT2D eigenvalue weighted by Crippen LogP contribution is -2.64. The van der Waals surface area contributed by atoms with Gasteiger partial charge in [-0.1, -0.05) is 164 Å². The van der Waals surface area contributed by atoms with Crippen molar-refractivity contribution < 1.29 is 68.2 Å². The molecule has 0 aromatic carbocycles. The first-order valence-corrected chi connectivity index (χ1v) is 24.7. The molecule has 0 aliphatic heterocycles. The molecule has 7 atom stereocenters. The molecule has 0 heterocycles. The molecule has 0 radical (unpaired) electrons. The second kappa shape index (κ2) is 36.8. The van der Waals surface area contributed by atoms with Crippen molar-refractivity contribution in [2.75, 3.05) is 13.2 Å². The molecule has 0 amide bonds. The van der Waals surface area contributed by atoms with Gasteiger partial charge in [-0.15, -0.1) is 0 Å². The number of carbonyl (C=O) groups excluding carboxylic acids is 2. The summed E-state index contributed by atoms with van der Waals surface area (Å²) in [5.41, 5.74) is 0. The van der Waals surface area contributed by atoms with Gasteiger partial charge < -0.3 is 45.0 Å². The quantitative estimate of drug-likeness (QED) is 0.0103. The number of unbranched alkanes of at least 4 members (excludes halogenated alkanes) is 15. The number of aliphatic hydroxyl groups excluding tert-OH is 6. The summed E-state index contributed by atoms with van der Waals surface area (Å²) in [5.74, 6) is -1.21. The Kier molecular flexibility index (Phi) is 34.2. The average Bonchev–Trinajstić information content (AvgIpc) is 3.25. The molecule has 1 fully saturated rings. The van der Waals surface area contributed by atoms with Crippen LogP contribution in [0.25, 0.3) is 0 Å². The lowest BCUT2D eigenvalue weighted by molar-refractivity contribution is -0.220. The number of carbonyl (C=O) groups is 2. The molecule has 1 aliphatic rings. The van der Waals surface area contributed by atoms with E-state index in [1.54, 1.807) is 12.2 Å². The second-order valence-corrected chi connectivity index (χ2v) is 17.5. The zero-order valence-electron chi connectivity index (χ0n) is 37.5. The Labute approximate surface area is 371 Å². The van der Waals surface area contributed by atoms with Gasteiger partial charge >= 0.3 is 19.8 Å². The molecule has 1 saturated carbocycles. The van der Waals surface area contributed by atoms with Crippen molar-refractivity contribution in [2.24, 2.45) is 0 Å². The molecule has 0 aromatic heterocycles. The van der Waals surface area contributed by atoms with Crippen LogP contribution in [0.4, 0.5) is 0 Å². The van der Waals surface area contributed by atoms with Crippen molar-refractivity contribution in [3.63, 3.8) is 0 Å². The molecule has 0 aromatic rings. The molecule has 7 N–H and O–H groups in total. The summed E-state index contributed by atoms with van der Waals surface area (Å²) >= 11 is 0. The van der Waals surface area contributed by atoms with E-state index in [4.69, 9.17) is 18.5 Å². The largest absolute Gasteiger partial charge is 0.472 e. The molecular formula is C47H81O14P. The highest BCUT2D eigenvalue weighted by Crippen LogP contribution is 2.47. The zero-order chi connectivity index (χ0) is 45.9. The van der Waals surface area contributed by atoms with E-state index in [9.17, 15) is 49.7 Å². The fourth-order valence-electron chi connectivity index (χ4n) is 6.70. The second-order valence-electron chi connectivity index (χ2n) is 16.1. The molecule has 62 heavy (non-hydrogen) atoms. The maximum Gasteiger partial charge on any atom is 0.472 e. The van der Waals surface area contributed by atoms with Crippen LogP contribution in [0, 0.1) is 0 Å². The maximum absolute atomic E-state index is 12.8. The molecule has 0 bridgehead atoms. The van der Waals surface area contributed by atoms with Crippen LogP contribution in [-0.4, -0.2) is 110 Å². The molecule has 15 heteroatoms. The van der Waals surface area contributed by atoms with Crippen molar-refractivity contribution in [2.45, 2.75) is 210 Å². The van der Waals surface area contributed by atoms with Crippen molar-refractivity contribution in [3.8, 4) is 0 Å². The van der Waals surface area contributed by atoms with Crippen molar-refractivity contribution in [1.82, 2.24) is 0 Å². The third-order valence-electron chi connectivity index (χ3n) is 10.5. The smallest absolute Gasteiger partial charge is 0.462 e. The third-order valence-corrected chi connectivity index (χ3v) is 11.4. The Hall–Kier alpha value is -2.49. The zero-order valence-corrected chi connectivity index (χ0v) is 38.4. The van der Waals surface area contributed by atoms with Gasteiger partial charge in [0.2, 0.25) is 0 Å². The van der Waals surface area contributed by atoms with E-state index >= 15 is 0 Å². The number of allylic oxidation sites excluding steroid dienone is 8. The molecule has 14 nitrogen and oxygen atoms in total. The summed E-state index contributed by atoms with van der Waals surface area (Å²) in [4.78, 5) is 35.7. The van der Waals surface area contributed by atoms with Gasteiger partial charge in [0.15, 0.2) is 6.10 Å². The highest BCUT2D eigenvalue weighted by molar-refractivity contribution is 7.47. The minimum Gasteiger partial charge on any atom is -0.462 e. The number of phosphoric ester groups is 1. The molecule has 1 aliphatic carbocycles. The van der Waals surface area contributed by atoms with Gasteiger partial charge in [0, 0.05) is 12.8 Å². The fourth-order valence-corrected chi connectivity index (χ4v) is 7.67. The first-order valence-electron chi connectivity index (χ1n) is 23.2. The number of ether oxygens (including phenoxy) is 2. The number of rotatable bonds is 37. The molecule has 1 rings (SSSR count). The third kappa shape index (κ3) is 29.1. The fraction of sp³-hybridized carbons (Fsp3) is 0.745. The lowest BCUT2D eigenvalue weighted by atomic mass is 9.85. The molecule has 7 unspecified atom stereocenters. The summed E-state index contributed by atoms with van der Waals surface area (Å²) < 4.78 is 33.4. The van der Waals surface area contributed by atoms with E-state index in [0.717, 1.165) is 32.1 Å². The molecular weight excluding hydrogens is 819 g/mol. The van der Waals surface area contributed by atoms with E-state index in [2.05, 4.69) is 26.0 Å². The van der Waals surface area contributed by atoms with Crippen LogP contribution < -0.4 is 0 Å². The Balaban J connectivity index is 2.53. The van der Waals surface area contributed by atoms with Gasteiger partial charge in [-0.3, -0.25) is 18.6 Å². The minimum absolute atomic E-state index is 0.0143. The summed E-state index contributed by atoms with van der Waals surface area (Å²) in [6.45, 7) is 3.06. The predicted molar refractivity (Wildman–Crippen MR) is 241 cm³/mol. The van der Waals surface area contributed by atoms with E-state index in [-0.39, 0.29) is 12.8 Å². The number of esters is 2. The number of aliphatic hydroxyl groups is 6. The van der Waals surface area contributed by atoms with Gasteiger partial charge in [-0.25, -0.2) is 4.57 Å². The Morgan fingerprint density at radius 1 is 0.597 bits per heavy atom. The number of hydrogen-bond acceptors (Lipinski definition) is 13. The van der Waals surface area contributed by atoms with E-state index in [1.165, 1.54) is 70.6 Å². The Morgan fingerprint density at radius 3 is 1.71 bits per heavy atom. The number of phosphoric acid groups is 1. The SMILES string of the molecule is CCC=CCC=CCC(O)C=CC=CCC=CCCCC(=O)OC(COC(=O)CCCCCCCCCCCCCCCCC)COP(=O)(O)OC1C(O)C(O)C(O)C(O)C1O. The van der Waals surface area contributed by atoms with Crippen LogP contribution in [0.5, 0.6) is 0 Å². The van der Waals surface area contributed by atoms with Crippen molar-refractivity contribution in [3.05, 3.63) is 60.8 Å². The van der Waals surface area contributed by atoms with Crippen LogP contribution in [0.2, 0.25) is 0 Å². The summed E-state index contributed by atoms with van der Waals surface area (Å²) in [6, 6.07) is 0. The van der Waals surface area contributed by atoms with Crippen molar-refractivity contribution >= 4 is 19.8 Å². The summed E-state index contributed by atoms with van der Waals surface area (Å²) in [5, 5.41) is 60.2. The van der Waals surface area contributed by atoms with Gasteiger partial charge in [0.1, 0.15) is 43.2 Å². The highest BCUT2D eigenvalue weighted by Gasteiger charge is 2.51. The van der Waals surface area contributed by atoms with Gasteiger partial charge in [-0.05, 0) is 44.9 Å².